The molecule has 0 radical (unpaired) electrons. The third kappa shape index (κ3) is 3.27. The van der Waals surface area contributed by atoms with Crippen molar-refractivity contribution in [1.82, 2.24) is 4.72 Å². The van der Waals surface area contributed by atoms with Gasteiger partial charge < -0.3 is 0 Å². The number of aryl methyl sites for hydroxylation is 1. The Bertz CT molecular complexity index is 592. The number of benzene rings is 1. The van der Waals surface area contributed by atoms with E-state index < -0.39 is 10.0 Å². The lowest BCUT2D eigenvalue weighted by atomic mass is 9.66. The molecule has 1 N–H and O–H groups in total. The second kappa shape index (κ2) is 5.66. The first kappa shape index (κ1) is 15.2. The third-order valence-corrected chi connectivity index (χ3v) is 5.58. The quantitative estimate of drug-likeness (QED) is 0.820. The maximum atomic E-state index is 12.0. The lowest BCUT2D eigenvalue weighted by molar-refractivity contribution is -0.137. The van der Waals surface area contributed by atoms with Crippen LogP contribution in [0.1, 0.15) is 38.2 Å². The van der Waals surface area contributed by atoms with Gasteiger partial charge in [-0.2, -0.15) is 0 Å². The summed E-state index contributed by atoms with van der Waals surface area (Å²) in [7, 11) is -3.43. The van der Waals surface area contributed by atoms with Crippen molar-refractivity contribution in [1.29, 1.82) is 0 Å². The summed E-state index contributed by atoms with van der Waals surface area (Å²) in [6.45, 7) is 4.26. The van der Waals surface area contributed by atoms with E-state index in [0.717, 1.165) is 18.4 Å². The van der Waals surface area contributed by atoms with E-state index in [9.17, 15) is 13.2 Å². The highest BCUT2D eigenvalue weighted by atomic mass is 32.2. The normalized spacial score (nSPS) is 22.6. The molecule has 1 aromatic rings. The minimum absolute atomic E-state index is 0.213. The van der Waals surface area contributed by atoms with E-state index >= 15 is 0 Å². The molecule has 5 heteroatoms. The fraction of sp³-hybridized carbons (Fsp3) is 0.533. The smallest absolute Gasteiger partial charge is 0.240 e. The van der Waals surface area contributed by atoms with Gasteiger partial charge in [0.25, 0.3) is 0 Å². The molecule has 1 aliphatic rings. The molecular formula is C15H21NO3S. The Morgan fingerprint density at radius 3 is 2.40 bits per heavy atom. The van der Waals surface area contributed by atoms with Gasteiger partial charge in [0.1, 0.15) is 5.78 Å². The van der Waals surface area contributed by atoms with Crippen LogP contribution in [-0.2, 0) is 14.8 Å². The first-order valence-corrected chi connectivity index (χ1v) is 8.41. The Morgan fingerprint density at radius 1 is 1.25 bits per heavy atom. The topological polar surface area (TPSA) is 63.2 Å². The third-order valence-electron chi connectivity index (χ3n) is 4.11. The molecule has 0 amide bonds. The van der Waals surface area contributed by atoms with Gasteiger partial charge in [0.05, 0.1) is 4.90 Å². The molecule has 1 unspecified atom stereocenters. The predicted molar refractivity (Wildman–Crippen MR) is 77.9 cm³/mol. The van der Waals surface area contributed by atoms with E-state index in [2.05, 4.69) is 4.72 Å². The molecule has 1 fully saturated rings. The van der Waals surface area contributed by atoms with Crippen LogP contribution in [0.25, 0.3) is 0 Å². The highest BCUT2D eigenvalue weighted by molar-refractivity contribution is 7.89. The molecule has 2 rings (SSSR count). The zero-order chi connectivity index (χ0) is 14.8. The van der Waals surface area contributed by atoms with Gasteiger partial charge in [0.2, 0.25) is 10.0 Å². The summed E-state index contributed by atoms with van der Waals surface area (Å²) in [5.41, 5.74) is 0.815. The van der Waals surface area contributed by atoms with Gasteiger partial charge in [-0.05, 0) is 38.3 Å². The van der Waals surface area contributed by atoms with E-state index in [1.165, 1.54) is 0 Å². The van der Waals surface area contributed by atoms with E-state index in [0.29, 0.717) is 25.2 Å². The van der Waals surface area contributed by atoms with Crippen LogP contribution >= 0.6 is 0 Å². The Morgan fingerprint density at radius 2 is 1.90 bits per heavy atom. The summed E-state index contributed by atoms with van der Waals surface area (Å²) in [4.78, 5) is 11.7. The SMILES string of the molecule is Cc1ccc(S(=O)(=O)NCCCC2(C)CCC2=O)cc1. The van der Waals surface area contributed by atoms with Crippen molar-refractivity contribution < 1.29 is 13.2 Å². The zero-order valence-corrected chi connectivity index (χ0v) is 12.8. The standard InChI is InChI=1S/C15H21NO3S/c1-12-4-6-13(7-5-12)20(18,19)16-11-3-9-15(2)10-8-14(15)17/h4-7,16H,3,8-11H2,1-2H3. The number of hydrogen-bond acceptors (Lipinski definition) is 3. The van der Waals surface area contributed by atoms with Gasteiger partial charge in [0.15, 0.2) is 0 Å². The fourth-order valence-electron chi connectivity index (χ4n) is 2.40. The van der Waals surface area contributed by atoms with Gasteiger partial charge in [-0.15, -0.1) is 0 Å². The molecule has 1 aliphatic carbocycles. The van der Waals surface area contributed by atoms with Crippen LogP contribution in [0.15, 0.2) is 29.2 Å². The average molecular weight is 295 g/mol. The number of carbonyl (C=O) groups is 1. The fourth-order valence-corrected chi connectivity index (χ4v) is 3.48. The molecule has 1 atom stereocenters. The van der Waals surface area contributed by atoms with Crippen molar-refractivity contribution in [3.05, 3.63) is 29.8 Å². The second-order valence-corrected chi connectivity index (χ2v) is 7.57. The molecule has 1 saturated carbocycles. The first-order valence-electron chi connectivity index (χ1n) is 6.93. The zero-order valence-electron chi connectivity index (χ0n) is 12.0. The number of sulfonamides is 1. The number of carbonyl (C=O) groups excluding carboxylic acids is 1. The molecule has 110 valence electrons. The lowest BCUT2D eigenvalue weighted by Crippen LogP contribution is -2.38. The van der Waals surface area contributed by atoms with Crippen LogP contribution in [0.2, 0.25) is 0 Å². The van der Waals surface area contributed by atoms with Crippen molar-refractivity contribution in [3.63, 3.8) is 0 Å². The molecule has 0 spiro atoms. The minimum Gasteiger partial charge on any atom is -0.299 e. The van der Waals surface area contributed by atoms with Crippen LogP contribution in [0, 0.1) is 12.3 Å². The molecule has 0 saturated heterocycles. The van der Waals surface area contributed by atoms with Gasteiger partial charge in [-0.1, -0.05) is 24.6 Å². The van der Waals surface area contributed by atoms with Crippen LogP contribution in [0.4, 0.5) is 0 Å². The molecule has 0 aliphatic heterocycles. The number of nitrogens with one attached hydrogen (secondary N) is 1. The number of hydrogen-bond donors (Lipinski definition) is 1. The predicted octanol–water partition coefficient (Wildman–Crippen LogP) is 2.42. The maximum absolute atomic E-state index is 12.0. The summed E-state index contributed by atoms with van der Waals surface area (Å²) in [6, 6.07) is 6.77. The monoisotopic (exact) mass is 295 g/mol. The van der Waals surface area contributed by atoms with Gasteiger partial charge in [0, 0.05) is 18.4 Å². The summed E-state index contributed by atoms with van der Waals surface area (Å²) in [5.74, 6) is 0.305. The summed E-state index contributed by atoms with van der Waals surface area (Å²) in [5, 5.41) is 0. The van der Waals surface area contributed by atoms with Crippen molar-refractivity contribution in [3.8, 4) is 0 Å². The van der Waals surface area contributed by atoms with E-state index in [1.54, 1.807) is 24.3 Å². The van der Waals surface area contributed by atoms with Crippen LogP contribution in [0.3, 0.4) is 0 Å². The molecule has 4 nitrogen and oxygen atoms in total. The number of rotatable bonds is 6. The Kier molecular flexibility index (Phi) is 4.30. The highest BCUT2D eigenvalue weighted by Gasteiger charge is 2.40. The first-order chi connectivity index (χ1) is 9.33. The minimum atomic E-state index is -3.43. The Hall–Kier alpha value is -1.20. The molecule has 0 bridgehead atoms. The van der Waals surface area contributed by atoms with Crippen molar-refractivity contribution >= 4 is 15.8 Å². The largest absolute Gasteiger partial charge is 0.299 e. The van der Waals surface area contributed by atoms with E-state index in [-0.39, 0.29) is 10.3 Å². The van der Waals surface area contributed by atoms with Crippen LogP contribution in [-0.4, -0.2) is 20.7 Å². The molecule has 0 aromatic heterocycles. The second-order valence-electron chi connectivity index (χ2n) is 5.80. The summed E-state index contributed by atoms with van der Waals surface area (Å²) >= 11 is 0. The summed E-state index contributed by atoms with van der Waals surface area (Å²) < 4.78 is 26.7. The molecule has 20 heavy (non-hydrogen) atoms. The number of Topliss-reactive ketones (excluding diaryl/α,β-unsaturated/α-hetero) is 1. The Labute approximate surface area is 120 Å². The van der Waals surface area contributed by atoms with Gasteiger partial charge in [-0.25, -0.2) is 13.1 Å². The van der Waals surface area contributed by atoms with Crippen LogP contribution in [0.5, 0.6) is 0 Å². The number of ketones is 1. The maximum Gasteiger partial charge on any atom is 0.240 e. The Balaban J connectivity index is 1.84. The van der Waals surface area contributed by atoms with Crippen LogP contribution < -0.4 is 4.72 Å². The van der Waals surface area contributed by atoms with Crippen molar-refractivity contribution in [2.75, 3.05) is 6.54 Å². The van der Waals surface area contributed by atoms with E-state index in [4.69, 9.17) is 0 Å². The van der Waals surface area contributed by atoms with Gasteiger partial charge in [-0.3, -0.25) is 4.79 Å². The molecule has 1 aromatic carbocycles. The van der Waals surface area contributed by atoms with Crippen molar-refractivity contribution in [2.24, 2.45) is 5.41 Å². The molecule has 0 heterocycles. The highest BCUT2D eigenvalue weighted by Crippen LogP contribution is 2.40. The van der Waals surface area contributed by atoms with Gasteiger partial charge >= 0.3 is 0 Å². The average Bonchev–Trinajstić information content (AvgIpc) is 2.42. The van der Waals surface area contributed by atoms with E-state index in [1.807, 2.05) is 13.8 Å². The van der Waals surface area contributed by atoms with Crippen molar-refractivity contribution in [2.45, 2.75) is 44.4 Å². The summed E-state index contributed by atoms with van der Waals surface area (Å²) in [6.07, 6.45) is 3.04. The lowest BCUT2D eigenvalue weighted by Gasteiger charge is -2.36. The molecular weight excluding hydrogens is 274 g/mol.